The van der Waals surface area contributed by atoms with E-state index in [0.717, 1.165) is 73.1 Å². The standard InChI is InChI=1S/C24H24FN5O/c25-19-6-8-20(9-7-19)30-16-21(18-4-2-1-3-5-18)22-23(27-17-28-24(22)30)26-10-11-29-12-14-31-15-13-29/h1-9,16-17H,10-15H2,(H,26,27,28)/p+1. The van der Waals surface area contributed by atoms with E-state index in [1.165, 1.54) is 17.0 Å². The molecular weight excluding hydrogens is 393 g/mol. The van der Waals surface area contributed by atoms with Gasteiger partial charge in [-0.05, 0) is 29.8 Å². The minimum absolute atomic E-state index is 0.258. The van der Waals surface area contributed by atoms with E-state index in [4.69, 9.17) is 4.74 Å². The molecule has 7 heteroatoms. The second-order valence-corrected chi connectivity index (χ2v) is 7.72. The lowest BCUT2D eigenvalue weighted by Crippen LogP contribution is -3.14. The Hall–Kier alpha value is -3.29. The van der Waals surface area contributed by atoms with Gasteiger partial charge in [-0.15, -0.1) is 0 Å². The van der Waals surface area contributed by atoms with Gasteiger partial charge in [-0.1, -0.05) is 30.3 Å². The SMILES string of the molecule is Fc1ccc(-n2cc(-c3ccccc3)c3c(NCC[NH+]4CCOCC4)ncnc32)cc1. The molecule has 158 valence electrons. The first kappa shape index (κ1) is 19.7. The van der Waals surface area contributed by atoms with Crippen LogP contribution >= 0.6 is 0 Å². The summed E-state index contributed by atoms with van der Waals surface area (Å²) in [5.74, 6) is 0.559. The molecule has 2 aromatic heterocycles. The smallest absolute Gasteiger partial charge is 0.150 e. The molecule has 0 aliphatic carbocycles. The van der Waals surface area contributed by atoms with Gasteiger partial charge in [0.25, 0.3) is 0 Å². The molecule has 0 unspecified atom stereocenters. The number of halogens is 1. The number of rotatable bonds is 6. The van der Waals surface area contributed by atoms with Crippen LogP contribution in [-0.2, 0) is 4.74 Å². The predicted molar refractivity (Wildman–Crippen MR) is 119 cm³/mol. The predicted octanol–water partition coefficient (Wildman–Crippen LogP) is 2.55. The molecule has 1 saturated heterocycles. The molecule has 2 N–H and O–H groups in total. The second kappa shape index (κ2) is 8.83. The van der Waals surface area contributed by atoms with Crippen molar-refractivity contribution in [1.82, 2.24) is 14.5 Å². The fraction of sp³-hybridized carbons (Fsp3) is 0.250. The summed E-state index contributed by atoms with van der Waals surface area (Å²) in [6.07, 6.45) is 3.64. The van der Waals surface area contributed by atoms with E-state index in [0.29, 0.717) is 0 Å². The molecule has 1 aliphatic heterocycles. The third-order valence-electron chi connectivity index (χ3n) is 5.74. The average molecular weight is 418 g/mol. The molecule has 1 aliphatic rings. The highest BCUT2D eigenvalue weighted by Crippen LogP contribution is 2.35. The van der Waals surface area contributed by atoms with Crippen molar-refractivity contribution in [3.05, 3.63) is 72.9 Å². The first-order valence-electron chi connectivity index (χ1n) is 10.6. The molecule has 2 aromatic carbocycles. The molecule has 0 spiro atoms. The van der Waals surface area contributed by atoms with Crippen molar-refractivity contribution in [1.29, 1.82) is 0 Å². The molecule has 6 nitrogen and oxygen atoms in total. The second-order valence-electron chi connectivity index (χ2n) is 7.72. The van der Waals surface area contributed by atoms with Crippen molar-refractivity contribution in [2.24, 2.45) is 0 Å². The van der Waals surface area contributed by atoms with Crippen molar-refractivity contribution in [3.8, 4) is 16.8 Å². The van der Waals surface area contributed by atoms with E-state index in [-0.39, 0.29) is 5.82 Å². The highest BCUT2D eigenvalue weighted by molar-refractivity contribution is 6.02. The monoisotopic (exact) mass is 418 g/mol. The minimum atomic E-state index is -0.258. The number of ether oxygens (including phenoxy) is 1. The van der Waals surface area contributed by atoms with Crippen LogP contribution in [0.2, 0.25) is 0 Å². The highest BCUT2D eigenvalue weighted by atomic mass is 19.1. The van der Waals surface area contributed by atoms with Gasteiger partial charge in [0.05, 0.1) is 31.7 Å². The van der Waals surface area contributed by atoms with Crippen molar-refractivity contribution < 1.29 is 14.0 Å². The summed E-state index contributed by atoms with van der Waals surface area (Å²) >= 11 is 0. The zero-order chi connectivity index (χ0) is 21.0. The van der Waals surface area contributed by atoms with Gasteiger partial charge >= 0.3 is 0 Å². The summed E-state index contributed by atoms with van der Waals surface area (Å²) in [6.45, 7) is 5.55. The van der Waals surface area contributed by atoms with E-state index < -0.39 is 0 Å². The maximum Gasteiger partial charge on any atom is 0.150 e. The number of nitrogens with one attached hydrogen (secondary N) is 2. The maximum absolute atomic E-state index is 13.5. The van der Waals surface area contributed by atoms with E-state index in [2.05, 4.69) is 33.6 Å². The largest absolute Gasteiger partial charge is 0.370 e. The number of hydrogen-bond donors (Lipinski definition) is 2. The number of aromatic nitrogens is 3. The first-order chi connectivity index (χ1) is 15.3. The molecule has 0 saturated carbocycles. The van der Waals surface area contributed by atoms with Crippen LogP contribution in [0.15, 0.2) is 67.1 Å². The fourth-order valence-corrected chi connectivity index (χ4v) is 4.10. The van der Waals surface area contributed by atoms with Crippen LogP contribution in [0.4, 0.5) is 10.2 Å². The molecule has 5 rings (SSSR count). The van der Waals surface area contributed by atoms with Crippen LogP contribution in [0.1, 0.15) is 0 Å². The van der Waals surface area contributed by atoms with Gasteiger partial charge < -0.3 is 19.5 Å². The lowest BCUT2D eigenvalue weighted by Gasteiger charge is -2.23. The van der Waals surface area contributed by atoms with Crippen molar-refractivity contribution in [2.75, 3.05) is 44.7 Å². The van der Waals surface area contributed by atoms with Gasteiger partial charge in [0.1, 0.15) is 31.1 Å². The normalized spacial score (nSPS) is 14.7. The van der Waals surface area contributed by atoms with Crippen LogP contribution in [0, 0.1) is 5.82 Å². The molecule has 0 radical (unpaired) electrons. The van der Waals surface area contributed by atoms with Crippen LogP contribution < -0.4 is 10.2 Å². The van der Waals surface area contributed by atoms with Gasteiger partial charge in [-0.25, -0.2) is 14.4 Å². The van der Waals surface area contributed by atoms with E-state index in [1.54, 1.807) is 18.5 Å². The van der Waals surface area contributed by atoms with Crippen LogP contribution in [0.3, 0.4) is 0 Å². The van der Waals surface area contributed by atoms with Crippen molar-refractivity contribution in [3.63, 3.8) is 0 Å². The summed E-state index contributed by atoms with van der Waals surface area (Å²) in [6, 6.07) is 16.7. The third-order valence-corrected chi connectivity index (χ3v) is 5.74. The van der Waals surface area contributed by atoms with Crippen LogP contribution in [0.5, 0.6) is 0 Å². The van der Waals surface area contributed by atoms with Gasteiger partial charge in [-0.3, -0.25) is 0 Å². The van der Waals surface area contributed by atoms with E-state index >= 15 is 0 Å². The van der Waals surface area contributed by atoms with Crippen molar-refractivity contribution in [2.45, 2.75) is 0 Å². The molecule has 1 fully saturated rings. The summed E-state index contributed by atoms with van der Waals surface area (Å²) in [4.78, 5) is 10.7. The topological polar surface area (TPSA) is 56.4 Å². The Labute approximate surface area is 180 Å². The van der Waals surface area contributed by atoms with Crippen LogP contribution in [0.25, 0.3) is 27.8 Å². The van der Waals surface area contributed by atoms with E-state index in [1.807, 2.05) is 22.8 Å². The maximum atomic E-state index is 13.5. The first-order valence-corrected chi connectivity index (χ1v) is 10.6. The van der Waals surface area contributed by atoms with Crippen LogP contribution in [-0.4, -0.2) is 53.9 Å². The summed E-state index contributed by atoms with van der Waals surface area (Å²) in [5.41, 5.74) is 3.78. The number of anilines is 1. The molecular formula is C24H25FN5O+. The number of fused-ring (bicyclic) bond motifs is 1. The Morgan fingerprint density at radius 2 is 1.77 bits per heavy atom. The van der Waals surface area contributed by atoms with E-state index in [9.17, 15) is 4.39 Å². The number of morpholine rings is 1. The fourth-order valence-electron chi connectivity index (χ4n) is 4.10. The Balaban J connectivity index is 1.54. The third kappa shape index (κ3) is 4.15. The Morgan fingerprint density at radius 1 is 1.00 bits per heavy atom. The number of nitrogens with zero attached hydrogens (tertiary/aromatic N) is 3. The van der Waals surface area contributed by atoms with Gasteiger partial charge in [0.2, 0.25) is 0 Å². The quantitative estimate of drug-likeness (QED) is 0.505. The number of benzene rings is 2. The van der Waals surface area contributed by atoms with Gasteiger partial charge in [-0.2, -0.15) is 0 Å². The molecule has 0 bridgehead atoms. The average Bonchev–Trinajstić information content (AvgIpc) is 3.21. The Kier molecular flexibility index (Phi) is 5.60. The zero-order valence-electron chi connectivity index (χ0n) is 17.2. The zero-order valence-corrected chi connectivity index (χ0v) is 17.2. The number of hydrogen-bond acceptors (Lipinski definition) is 4. The Morgan fingerprint density at radius 3 is 2.55 bits per heavy atom. The molecule has 0 amide bonds. The summed E-state index contributed by atoms with van der Waals surface area (Å²) < 4.78 is 20.9. The molecule has 3 heterocycles. The lowest BCUT2D eigenvalue weighted by atomic mass is 10.1. The van der Waals surface area contributed by atoms with Gasteiger partial charge in [0, 0.05) is 17.4 Å². The molecule has 0 atom stereocenters. The van der Waals surface area contributed by atoms with Crippen molar-refractivity contribution >= 4 is 16.9 Å². The summed E-state index contributed by atoms with van der Waals surface area (Å²) in [5, 5.41) is 4.50. The summed E-state index contributed by atoms with van der Waals surface area (Å²) in [7, 11) is 0. The Bertz CT molecular complexity index is 1150. The number of quaternary nitrogens is 1. The lowest BCUT2D eigenvalue weighted by molar-refractivity contribution is -0.906. The molecule has 4 aromatic rings. The molecule has 31 heavy (non-hydrogen) atoms. The van der Waals surface area contributed by atoms with Gasteiger partial charge in [0.15, 0.2) is 5.65 Å². The highest BCUT2D eigenvalue weighted by Gasteiger charge is 2.18. The minimum Gasteiger partial charge on any atom is -0.370 e.